The van der Waals surface area contributed by atoms with E-state index in [2.05, 4.69) is 10.3 Å². The fraction of sp³-hybridized carbons (Fsp3) is 0.357. The lowest BCUT2D eigenvalue weighted by Gasteiger charge is -2.09. The summed E-state index contributed by atoms with van der Waals surface area (Å²) in [5, 5.41) is 23.4. The summed E-state index contributed by atoms with van der Waals surface area (Å²) in [4.78, 5) is 15.0. The largest absolute Gasteiger partial charge is 0.394 e. The van der Waals surface area contributed by atoms with Crippen LogP contribution in [0.15, 0.2) is 30.5 Å². The number of nitrogens with zero attached hydrogens (tertiary/aromatic N) is 2. The van der Waals surface area contributed by atoms with E-state index < -0.39 is 4.92 Å². The Balaban J connectivity index is 2.09. The van der Waals surface area contributed by atoms with E-state index >= 15 is 0 Å². The van der Waals surface area contributed by atoms with Crippen molar-refractivity contribution < 1.29 is 14.8 Å². The molecule has 0 saturated carbocycles. The molecule has 2 rings (SSSR count). The summed E-state index contributed by atoms with van der Waals surface area (Å²) >= 11 is 0. The third-order valence-electron chi connectivity index (χ3n) is 2.96. The van der Waals surface area contributed by atoms with Gasteiger partial charge < -0.3 is 15.2 Å². The molecule has 2 aromatic rings. The maximum Gasteiger partial charge on any atom is 0.301 e. The summed E-state index contributed by atoms with van der Waals surface area (Å²) in [6, 6.07) is 6.80. The average molecular weight is 291 g/mol. The van der Waals surface area contributed by atoms with Crippen LogP contribution >= 0.6 is 0 Å². The number of nitrogens with one attached hydrogen (secondary N) is 1. The van der Waals surface area contributed by atoms with Crippen LogP contribution in [0.3, 0.4) is 0 Å². The number of aliphatic hydroxyl groups is 1. The molecular formula is C14H17N3O4. The van der Waals surface area contributed by atoms with Crippen molar-refractivity contribution in [1.82, 2.24) is 4.98 Å². The summed E-state index contributed by atoms with van der Waals surface area (Å²) in [5.74, 6) is 0. The van der Waals surface area contributed by atoms with Gasteiger partial charge in [0.05, 0.1) is 29.0 Å². The maximum atomic E-state index is 11.3. The zero-order chi connectivity index (χ0) is 15.1. The Morgan fingerprint density at radius 1 is 1.33 bits per heavy atom. The first-order valence-corrected chi connectivity index (χ1v) is 6.68. The van der Waals surface area contributed by atoms with Crippen molar-refractivity contribution >= 4 is 22.3 Å². The van der Waals surface area contributed by atoms with Crippen LogP contribution in [0.1, 0.15) is 6.42 Å². The second-order valence-corrected chi connectivity index (χ2v) is 4.41. The molecule has 0 bridgehead atoms. The fourth-order valence-electron chi connectivity index (χ4n) is 2.04. The number of aliphatic hydroxyl groups excluding tert-OH is 1. The second kappa shape index (κ2) is 7.51. The van der Waals surface area contributed by atoms with Gasteiger partial charge in [0.2, 0.25) is 0 Å². The summed E-state index contributed by atoms with van der Waals surface area (Å²) in [5.41, 5.74) is 1.11. The summed E-state index contributed by atoms with van der Waals surface area (Å²) in [6.45, 7) is 1.35. The number of nitro benzene ring substituents is 1. The average Bonchev–Trinajstić information content (AvgIpc) is 2.50. The molecule has 1 heterocycles. The number of anilines is 1. The molecule has 2 N–H and O–H groups in total. The molecule has 0 aliphatic rings. The quantitative estimate of drug-likeness (QED) is 0.438. The zero-order valence-electron chi connectivity index (χ0n) is 11.5. The molecule has 1 aromatic heterocycles. The number of benzene rings is 1. The van der Waals surface area contributed by atoms with Crippen LogP contribution in [0.4, 0.5) is 11.4 Å². The highest BCUT2D eigenvalue weighted by molar-refractivity contribution is 5.94. The number of hydrogen-bond donors (Lipinski definition) is 2. The Hall–Kier alpha value is -2.25. The third-order valence-corrected chi connectivity index (χ3v) is 2.96. The van der Waals surface area contributed by atoms with Crippen molar-refractivity contribution in [2.24, 2.45) is 0 Å². The van der Waals surface area contributed by atoms with Crippen LogP contribution < -0.4 is 5.32 Å². The van der Waals surface area contributed by atoms with Gasteiger partial charge in [-0.2, -0.15) is 0 Å². The second-order valence-electron chi connectivity index (χ2n) is 4.41. The van der Waals surface area contributed by atoms with Crippen molar-refractivity contribution in [1.29, 1.82) is 0 Å². The van der Waals surface area contributed by atoms with E-state index in [0.29, 0.717) is 42.8 Å². The van der Waals surface area contributed by atoms with Crippen LogP contribution in [0, 0.1) is 10.1 Å². The van der Waals surface area contributed by atoms with E-state index in [0.717, 1.165) is 0 Å². The molecule has 21 heavy (non-hydrogen) atoms. The third kappa shape index (κ3) is 3.87. The van der Waals surface area contributed by atoms with Crippen molar-refractivity contribution in [3.05, 3.63) is 40.6 Å². The predicted molar refractivity (Wildman–Crippen MR) is 79.4 cm³/mol. The maximum absolute atomic E-state index is 11.3. The van der Waals surface area contributed by atoms with E-state index in [1.807, 2.05) is 0 Å². The molecule has 0 unspecified atom stereocenters. The highest BCUT2D eigenvalue weighted by Crippen LogP contribution is 2.32. The first kappa shape index (κ1) is 15.1. The van der Waals surface area contributed by atoms with Crippen LogP contribution in [0.5, 0.6) is 0 Å². The van der Waals surface area contributed by atoms with Gasteiger partial charge in [0, 0.05) is 19.3 Å². The number of rotatable bonds is 8. The Morgan fingerprint density at radius 2 is 2.19 bits per heavy atom. The minimum Gasteiger partial charge on any atom is -0.394 e. The number of nitro groups is 1. The van der Waals surface area contributed by atoms with Crippen molar-refractivity contribution in [2.75, 3.05) is 31.7 Å². The van der Waals surface area contributed by atoms with Gasteiger partial charge in [-0.1, -0.05) is 0 Å². The van der Waals surface area contributed by atoms with Gasteiger partial charge in [-0.3, -0.25) is 15.1 Å². The molecule has 0 spiro atoms. The van der Waals surface area contributed by atoms with Gasteiger partial charge >= 0.3 is 5.69 Å². The fourth-order valence-corrected chi connectivity index (χ4v) is 2.04. The lowest BCUT2D eigenvalue weighted by molar-refractivity contribution is -0.382. The number of ether oxygens (including phenoxy) is 1. The molecule has 7 heteroatoms. The standard InChI is InChI=1S/C14H17N3O4/c18-8-10-21-9-2-7-16-13-5-4-12-11(3-1-6-15-12)14(13)17(19)20/h1,3-6,16,18H,2,7-10H2. The highest BCUT2D eigenvalue weighted by atomic mass is 16.6. The monoisotopic (exact) mass is 291 g/mol. The van der Waals surface area contributed by atoms with Crippen LogP contribution in [-0.4, -0.2) is 41.4 Å². The van der Waals surface area contributed by atoms with E-state index in [4.69, 9.17) is 9.84 Å². The van der Waals surface area contributed by atoms with Gasteiger partial charge in [-0.25, -0.2) is 0 Å². The molecule has 0 amide bonds. The Kier molecular flexibility index (Phi) is 5.42. The van der Waals surface area contributed by atoms with Crippen LogP contribution in [-0.2, 0) is 4.74 Å². The highest BCUT2D eigenvalue weighted by Gasteiger charge is 2.18. The first-order valence-electron chi connectivity index (χ1n) is 6.68. The van der Waals surface area contributed by atoms with Gasteiger partial charge in [0.25, 0.3) is 0 Å². The molecule has 112 valence electrons. The van der Waals surface area contributed by atoms with Gasteiger partial charge in [-0.15, -0.1) is 0 Å². The smallest absolute Gasteiger partial charge is 0.301 e. The number of pyridine rings is 1. The Bertz CT molecular complexity index is 618. The van der Waals surface area contributed by atoms with Crippen LogP contribution in [0.2, 0.25) is 0 Å². The Morgan fingerprint density at radius 3 is 2.95 bits per heavy atom. The van der Waals surface area contributed by atoms with Crippen molar-refractivity contribution in [3.8, 4) is 0 Å². The molecule has 7 nitrogen and oxygen atoms in total. The topological polar surface area (TPSA) is 97.5 Å². The molecule has 0 saturated heterocycles. The van der Waals surface area contributed by atoms with E-state index in [1.165, 1.54) is 0 Å². The van der Waals surface area contributed by atoms with Crippen LogP contribution in [0.25, 0.3) is 10.9 Å². The van der Waals surface area contributed by atoms with Gasteiger partial charge in [0.1, 0.15) is 5.69 Å². The first-order chi connectivity index (χ1) is 10.2. The summed E-state index contributed by atoms with van der Waals surface area (Å²) < 4.78 is 5.13. The van der Waals surface area contributed by atoms with Crippen molar-refractivity contribution in [3.63, 3.8) is 0 Å². The number of fused-ring (bicyclic) bond motifs is 1. The van der Waals surface area contributed by atoms with Gasteiger partial charge in [-0.05, 0) is 30.7 Å². The molecule has 0 aliphatic carbocycles. The number of aromatic nitrogens is 1. The normalized spacial score (nSPS) is 10.7. The lowest BCUT2D eigenvalue weighted by Crippen LogP contribution is -2.09. The Labute approximate surface area is 121 Å². The molecular weight excluding hydrogens is 274 g/mol. The number of hydrogen-bond acceptors (Lipinski definition) is 6. The molecule has 0 aliphatic heterocycles. The van der Waals surface area contributed by atoms with E-state index in [1.54, 1.807) is 30.5 Å². The SMILES string of the molecule is O=[N+]([O-])c1c(NCCCOCCO)ccc2ncccc12. The van der Waals surface area contributed by atoms with Crippen molar-refractivity contribution in [2.45, 2.75) is 6.42 Å². The summed E-state index contributed by atoms with van der Waals surface area (Å²) in [6.07, 6.45) is 2.31. The minimum atomic E-state index is -0.394. The molecule has 0 atom stereocenters. The van der Waals surface area contributed by atoms with E-state index in [9.17, 15) is 10.1 Å². The van der Waals surface area contributed by atoms with E-state index in [-0.39, 0.29) is 12.3 Å². The van der Waals surface area contributed by atoms with Gasteiger partial charge in [0.15, 0.2) is 0 Å². The zero-order valence-corrected chi connectivity index (χ0v) is 11.5. The molecule has 0 fully saturated rings. The molecule has 0 radical (unpaired) electrons. The predicted octanol–water partition coefficient (Wildman–Crippen LogP) is 1.95. The lowest BCUT2D eigenvalue weighted by atomic mass is 10.1. The summed E-state index contributed by atoms with van der Waals surface area (Å²) in [7, 11) is 0. The minimum absolute atomic E-state index is 0.00340. The molecule has 1 aromatic carbocycles.